The van der Waals surface area contributed by atoms with Crippen LogP contribution in [0.25, 0.3) is 0 Å². The first-order valence-electron chi connectivity index (χ1n) is 8.42. The van der Waals surface area contributed by atoms with Gasteiger partial charge in [-0.1, -0.05) is 38.7 Å². The van der Waals surface area contributed by atoms with Crippen molar-refractivity contribution in [3.63, 3.8) is 0 Å². The lowest BCUT2D eigenvalue weighted by Crippen LogP contribution is -2.39. The molecular weight excluding hydrogens is 403 g/mol. The molecule has 23 heavy (non-hydrogen) atoms. The molecule has 0 aromatic carbocycles. The molecule has 130 valence electrons. The highest BCUT2D eigenvalue weighted by molar-refractivity contribution is 14.0. The summed E-state index contributed by atoms with van der Waals surface area (Å²) in [6, 6.07) is 4.35. The Hall–Kier alpha value is -1.05. The summed E-state index contributed by atoms with van der Waals surface area (Å²) in [5.41, 5.74) is 7.03. The lowest BCUT2D eigenvalue weighted by Gasteiger charge is -2.16. The highest BCUT2D eigenvalue weighted by atomic mass is 127. The fraction of sp³-hybridized carbons (Fsp3) is 0.647. The van der Waals surface area contributed by atoms with Crippen molar-refractivity contribution >= 4 is 29.9 Å². The number of pyridine rings is 1. The van der Waals surface area contributed by atoms with Gasteiger partial charge in [-0.2, -0.15) is 0 Å². The van der Waals surface area contributed by atoms with Crippen LogP contribution in [0.15, 0.2) is 23.3 Å². The summed E-state index contributed by atoms with van der Waals surface area (Å²) >= 11 is 0. The van der Waals surface area contributed by atoms with Crippen LogP contribution in [0, 0.1) is 0 Å². The molecule has 0 amide bonds. The Morgan fingerprint density at radius 2 is 2.04 bits per heavy atom. The van der Waals surface area contributed by atoms with Crippen molar-refractivity contribution in [3.05, 3.63) is 23.9 Å². The van der Waals surface area contributed by atoms with E-state index in [0.29, 0.717) is 31.0 Å². The monoisotopic (exact) mass is 432 g/mol. The molecule has 3 N–H and O–H groups in total. The Labute approximate surface area is 156 Å². The predicted octanol–water partition coefficient (Wildman–Crippen LogP) is 3.62. The topological polar surface area (TPSA) is 72.5 Å². The normalized spacial score (nSPS) is 16.3. The fourth-order valence-electron chi connectivity index (χ4n) is 2.65. The van der Waals surface area contributed by atoms with Gasteiger partial charge in [0.15, 0.2) is 5.96 Å². The predicted molar refractivity (Wildman–Crippen MR) is 105 cm³/mol. The Morgan fingerprint density at radius 1 is 1.30 bits per heavy atom. The third-order valence-electron chi connectivity index (χ3n) is 3.89. The van der Waals surface area contributed by atoms with Crippen LogP contribution in [0.2, 0.25) is 0 Å². The summed E-state index contributed by atoms with van der Waals surface area (Å²) < 4.78 is 5.46. The number of guanidine groups is 1. The third kappa shape index (κ3) is 7.85. The van der Waals surface area contributed by atoms with Crippen molar-refractivity contribution in [2.75, 3.05) is 6.61 Å². The smallest absolute Gasteiger partial charge is 0.213 e. The molecule has 1 fully saturated rings. The van der Waals surface area contributed by atoms with Gasteiger partial charge in [-0.15, -0.1) is 24.0 Å². The number of aliphatic imine (C=N–C) groups is 1. The lowest BCUT2D eigenvalue weighted by molar-refractivity contribution is 0.305. The third-order valence-corrected chi connectivity index (χ3v) is 3.89. The van der Waals surface area contributed by atoms with Gasteiger partial charge in [-0.25, -0.2) is 9.98 Å². The molecule has 1 saturated carbocycles. The van der Waals surface area contributed by atoms with Crippen molar-refractivity contribution < 1.29 is 4.74 Å². The molecule has 0 atom stereocenters. The average Bonchev–Trinajstić information content (AvgIpc) is 2.80. The zero-order valence-electron chi connectivity index (χ0n) is 14.0. The number of aromatic nitrogens is 1. The molecule has 0 spiro atoms. The molecule has 1 aliphatic carbocycles. The molecule has 1 heterocycles. The van der Waals surface area contributed by atoms with Crippen LogP contribution < -0.4 is 15.8 Å². The first kappa shape index (κ1) is 20.0. The van der Waals surface area contributed by atoms with Gasteiger partial charge in [0.1, 0.15) is 0 Å². The largest absolute Gasteiger partial charge is 0.478 e. The lowest BCUT2D eigenvalue weighted by atomic mass is 10.1. The van der Waals surface area contributed by atoms with Crippen LogP contribution >= 0.6 is 24.0 Å². The van der Waals surface area contributed by atoms with Gasteiger partial charge in [0.25, 0.3) is 0 Å². The number of ether oxygens (including phenoxy) is 1. The highest BCUT2D eigenvalue weighted by Crippen LogP contribution is 2.17. The summed E-state index contributed by atoms with van der Waals surface area (Å²) in [6.07, 6.45) is 10.4. The van der Waals surface area contributed by atoms with Crippen LogP contribution in [-0.2, 0) is 6.54 Å². The number of halogens is 1. The van der Waals surface area contributed by atoms with Crippen LogP contribution in [0.3, 0.4) is 0 Å². The Kier molecular flexibility index (Phi) is 9.98. The second kappa shape index (κ2) is 11.5. The van der Waals surface area contributed by atoms with Gasteiger partial charge in [0, 0.05) is 18.3 Å². The van der Waals surface area contributed by atoms with E-state index in [1.165, 1.54) is 38.5 Å². The van der Waals surface area contributed by atoms with E-state index in [-0.39, 0.29) is 24.0 Å². The van der Waals surface area contributed by atoms with E-state index in [9.17, 15) is 0 Å². The molecule has 0 unspecified atom stereocenters. The minimum atomic E-state index is 0. The van der Waals surface area contributed by atoms with Crippen molar-refractivity contribution in [2.45, 2.75) is 64.5 Å². The maximum atomic E-state index is 5.99. The molecule has 2 rings (SSSR count). The van der Waals surface area contributed by atoms with Crippen LogP contribution in [0.4, 0.5) is 0 Å². The second-order valence-corrected chi connectivity index (χ2v) is 5.89. The minimum Gasteiger partial charge on any atom is -0.478 e. The molecule has 6 heteroatoms. The first-order chi connectivity index (χ1) is 10.8. The van der Waals surface area contributed by atoms with Crippen LogP contribution in [0.1, 0.15) is 57.4 Å². The van der Waals surface area contributed by atoms with Gasteiger partial charge < -0.3 is 15.8 Å². The molecular formula is C17H29IN4O. The summed E-state index contributed by atoms with van der Waals surface area (Å²) in [5.74, 6) is 1.21. The highest BCUT2D eigenvalue weighted by Gasteiger charge is 2.12. The number of hydrogen-bond acceptors (Lipinski definition) is 3. The van der Waals surface area contributed by atoms with Crippen molar-refractivity contribution in [3.8, 4) is 5.88 Å². The Balaban J connectivity index is 0.00000264. The number of nitrogens with zero attached hydrogens (tertiary/aromatic N) is 2. The first-order valence-corrected chi connectivity index (χ1v) is 8.42. The standard InChI is InChI=1S/C17H28N4O.HI/c1-2-11-22-16-10-9-14(12-19-16)13-20-17(18)21-15-7-5-3-4-6-8-15;/h9-10,12,15H,2-8,11,13H2,1H3,(H3,18,20,21);1H. The van der Waals surface area contributed by atoms with Crippen LogP contribution in [0.5, 0.6) is 5.88 Å². The van der Waals surface area contributed by atoms with Gasteiger partial charge >= 0.3 is 0 Å². The molecule has 0 bridgehead atoms. The van der Waals surface area contributed by atoms with Crippen LogP contribution in [-0.4, -0.2) is 23.6 Å². The number of hydrogen-bond donors (Lipinski definition) is 2. The number of nitrogens with one attached hydrogen (secondary N) is 1. The molecule has 0 saturated heterocycles. The van der Waals surface area contributed by atoms with E-state index in [1.807, 2.05) is 12.1 Å². The zero-order chi connectivity index (χ0) is 15.6. The minimum absolute atomic E-state index is 0. The quantitative estimate of drug-likeness (QED) is 0.312. The Morgan fingerprint density at radius 3 is 2.65 bits per heavy atom. The van der Waals surface area contributed by atoms with E-state index < -0.39 is 0 Å². The molecule has 1 aromatic heterocycles. The van der Waals surface area contributed by atoms with E-state index in [1.54, 1.807) is 6.20 Å². The summed E-state index contributed by atoms with van der Waals surface area (Å²) in [5, 5.41) is 3.35. The molecule has 1 aromatic rings. The summed E-state index contributed by atoms with van der Waals surface area (Å²) in [7, 11) is 0. The van der Waals surface area contributed by atoms with Crippen molar-refractivity contribution in [1.82, 2.24) is 10.3 Å². The second-order valence-electron chi connectivity index (χ2n) is 5.89. The van der Waals surface area contributed by atoms with E-state index >= 15 is 0 Å². The molecule has 1 aliphatic rings. The van der Waals surface area contributed by atoms with Crippen molar-refractivity contribution in [2.24, 2.45) is 10.7 Å². The van der Waals surface area contributed by atoms with E-state index in [0.717, 1.165) is 12.0 Å². The van der Waals surface area contributed by atoms with Crippen molar-refractivity contribution in [1.29, 1.82) is 0 Å². The Bertz CT molecular complexity index is 456. The van der Waals surface area contributed by atoms with Gasteiger partial charge in [0.05, 0.1) is 13.2 Å². The maximum Gasteiger partial charge on any atom is 0.213 e. The SMILES string of the molecule is CCCOc1ccc(CN=C(N)NC2CCCCCC2)cn1.I. The molecule has 0 aliphatic heterocycles. The zero-order valence-corrected chi connectivity index (χ0v) is 16.3. The van der Waals surface area contributed by atoms with Gasteiger partial charge in [0.2, 0.25) is 5.88 Å². The van der Waals surface area contributed by atoms with E-state index in [4.69, 9.17) is 10.5 Å². The molecule has 5 nitrogen and oxygen atoms in total. The molecule has 0 radical (unpaired) electrons. The number of nitrogens with two attached hydrogens (primary N) is 1. The maximum absolute atomic E-state index is 5.99. The summed E-state index contributed by atoms with van der Waals surface area (Å²) in [4.78, 5) is 8.68. The number of rotatable bonds is 6. The van der Waals surface area contributed by atoms with Gasteiger partial charge in [-0.3, -0.25) is 0 Å². The fourth-order valence-corrected chi connectivity index (χ4v) is 2.65. The van der Waals surface area contributed by atoms with E-state index in [2.05, 4.69) is 22.2 Å². The van der Waals surface area contributed by atoms with Gasteiger partial charge in [-0.05, 0) is 24.8 Å². The summed E-state index contributed by atoms with van der Waals surface area (Å²) in [6.45, 7) is 3.32. The average molecular weight is 432 g/mol.